The van der Waals surface area contributed by atoms with Crippen molar-refractivity contribution in [1.82, 2.24) is 4.72 Å². The maximum Gasteiger partial charge on any atom is 0.240 e. The number of hydrogen-bond acceptors (Lipinski definition) is 3. The zero-order valence-corrected chi connectivity index (χ0v) is 11.7. The van der Waals surface area contributed by atoms with Crippen LogP contribution >= 0.6 is 0 Å². The number of nitrogens with one attached hydrogen (secondary N) is 1. The third-order valence-corrected chi connectivity index (χ3v) is 5.30. The molecular weight excluding hydrogens is 267 g/mol. The molecule has 4 nitrogen and oxygen atoms in total. The van der Waals surface area contributed by atoms with Crippen LogP contribution in [0.3, 0.4) is 0 Å². The molecule has 1 atom stereocenters. The Hall–Kier alpha value is -0.980. The van der Waals surface area contributed by atoms with E-state index < -0.39 is 15.8 Å². The van der Waals surface area contributed by atoms with Crippen LogP contribution in [0.2, 0.25) is 0 Å². The molecule has 0 radical (unpaired) electrons. The van der Waals surface area contributed by atoms with Gasteiger partial charge >= 0.3 is 0 Å². The lowest BCUT2D eigenvalue weighted by Crippen LogP contribution is -2.40. The molecule has 19 heavy (non-hydrogen) atoms. The first kappa shape index (κ1) is 14.4. The smallest absolute Gasteiger partial charge is 0.240 e. The Balaban J connectivity index is 2.18. The summed E-state index contributed by atoms with van der Waals surface area (Å²) in [6.07, 6.45) is 3.27. The average Bonchev–Trinajstić information content (AvgIpc) is 2.26. The van der Waals surface area contributed by atoms with Gasteiger partial charge in [0, 0.05) is 18.2 Å². The summed E-state index contributed by atoms with van der Waals surface area (Å²) >= 11 is 0. The van der Waals surface area contributed by atoms with Crippen molar-refractivity contribution in [1.29, 1.82) is 0 Å². The van der Waals surface area contributed by atoms with E-state index in [2.05, 4.69) is 4.72 Å². The summed E-state index contributed by atoms with van der Waals surface area (Å²) in [5, 5.41) is 0. The van der Waals surface area contributed by atoms with Crippen LogP contribution in [0.25, 0.3) is 0 Å². The van der Waals surface area contributed by atoms with Crippen LogP contribution in [0, 0.1) is 11.7 Å². The highest BCUT2D eigenvalue weighted by molar-refractivity contribution is 7.89. The summed E-state index contributed by atoms with van der Waals surface area (Å²) in [5.74, 6) is -0.0716. The van der Waals surface area contributed by atoms with Gasteiger partial charge in [0.2, 0.25) is 10.0 Å². The summed E-state index contributed by atoms with van der Waals surface area (Å²) < 4.78 is 40.4. The molecule has 0 heterocycles. The SMILES string of the molecule is CC(NS(=O)(=O)c1ccc(F)c(CN)c1)C1CCC1. The molecule has 0 amide bonds. The molecule has 0 bridgehead atoms. The van der Waals surface area contributed by atoms with Crippen molar-refractivity contribution >= 4 is 10.0 Å². The van der Waals surface area contributed by atoms with E-state index in [0.717, 1.165) is 25.3 Å². The molecule has 0 aromatic heterocycles. The fourth-order valence-corrected chi connectivity index (χ4v) is 3.59. The zero-order valence-electron chi connectivity index (χ0n) is 10.9. The van der Waals surface area contributed by atoms with Gasteiger partial charge < -0.3 is 5.73 Å². The summed E-state index contributed by atoms with van der Waals surface area (Å²) in [4.78, 5) is 0.0699. The maximum absolute atomic E-state index is 13.3. The zero-order chi connectivity index (χ0) is 14.0. The molecule has 1 aromatic rings. The lowest BCUT2D eigenvalue weighted by Gasteiger charge is -2.31. The van der Waals surface area contributed by atoms with Crippen molar-refractivity contribution in [3.8, 4) is 0 Å². The second-order valence-electron chi connectivity index (χ2n) is 5.06. The van der Waals surface area contributed by atoms with Crippen molar-refractivity contribution in [2.45, 2.75) is 43.7 Å². The lowest BCUT2D eigenvalue weighted by atomic mass is 9.81. The third-order valence-electron chi connectivity index (χ3n) is 3.75. The minimum atomic E-state index is -3.60. The third kappa shape index (κ3) is 3.13. The van der Waals surface area contributed by atoms with Crippen molar-refractivity contribution in [3.63, 3.8) is 0 Å². The molecule has 0 saturated heterocycles. The largest absolute Gasteiger partial charge is 0.326 e. The molecule has 3 N–H and O–H groups in total. The molecule has 1 aromatic carbocycles. The Morgan fingerprint density at radius 2 is 2.16 bits per heavy atom. The summed E-state index contributed by atoms with van der Waals surface area (Å²) in [6, 6.07) is 3.62. The molecular formula is C13H19FN2O2S. The Kier molecular flexibility index (Phi) is 4.23. The number of sulfonamides is 1. The van der Waals surface area contributed by atoms with E-state index >= 15 is 0 Å². The van der Waals surface area contributed by atoms with E-state index in [4.69, 9.17) is 5.73 Å². The topological polar surface area (TPSA) is 72.2 Å². The van der Waals surface area contributed by atoms with Gasteiger partial charge in [0.15, 0.2) is 0 Å². The van der Waals surface area contributed by atoms with E-state index in [9.17, 15) is 12.8 Å². The van der Waals surface area contributed by atoms with Gasteiger partial charge in [-0.2, -0.15) is 0 Å². The predicted molar refractivity (Wildman–Crippen MR) is 71.4 cm³/mol. The monoisotopic (exact) mass is 286 g/mol. The van der Waals surface area contributed by atoms with Gasteiger partial charge in [-0.15, -0.1) is 0 Å². The highest BCUT2D eigenvalue weighted by Gasteiger charge is 2.28. The predicted octanol–water partition coefficient (Wildman–Crippen LogP) is 1.75. The van der Waals surface area contributed by atoms with Gasteiger partial charge in [-0.1, -0.05) is 6.42 Å². The van der Waals surface area contributed by atoms with E-state index in [0.29, 0.717) is 5.92 Å². The lowest BCUT2D eigenvalue weighted by molar-refractivity contribution is 0.260. The minimum Gasteiger partial charge on any atom is -0.326 e. The molecule has 1 saturated carbocycles. The standard InChI is InChI=1S/C13H19FN2O2S/c1-9(10-3-2-4-10)16-19(17,18)12-5-6-13(14)11(7-12)8-15/h5-7,9-10,16H,2-4,8,15H2,1H3. The van der Waals surface area contributed by atoms with Crippen LogP contribution in [0.1, 0.15) is 31.7 Å². The van der Waals surface area contributed by atoms with Crippen LogP contribution in [-0.2, 0) is 16.6 Å². The molecule has 1 aliphatic carbocycles. The molecule has 1 fully saturated rings. The molecule has 0 aliphatic heterocycles. The van der Waals surface area contributed by atoms with Crippen LogP contribution in [0.15, 0.2) is 23.1 Å². The number of rotatable bonds is 5. The molecule has 106 valence electrons. The van der Waals surface area contributed by atoms with Gasteiger partial charge in [0.05, 0.1) is 4.90 Å². The Morgan fingerprint density at radius 3 is 2.68 bits per heavy atom. The van der Waals surface area contributed by atoms with Crippen LogP contribution in [-0.4, -0.2) is 14.5 Å². The summed E-state index contributed by atoms with van der Waals surface area (Å²) in [5.41, 5.74) is 5.60. The highest BCUT2D eigenvalue weighted by atomic mass is 32.2. The average molecular weight is 286 g/mol. The van der Waals surface area contributed by atoms with Crippen molar-refractivity contribution in [3.05, 3.63) is 29.6 Å². The van der Waals surface area contributed by atoms with Crippen molar-refractivity contribution < 1.29 is 12.8 Å². The van der Waals surface area contributed by atoms with E-state index in [-0.39, 0.29) is 23.0 Å². The second-order valence-corrected chi connectivity index (χ2v) is 6.77. The summed E-state index contributed by atoms with van der Waals surface area (Å²) in [6.45, 7) is 1.85. The van der Waals surface area contributed by atoms with E-state index in [1.165, 1.54) is 12.1 Å². The quantitative estimate of drug-likeness (QED) is 0.866. The summed E-state index contributed by atoms with van der Waals surface area (Å²) in [7, 11) is -3.60. The number of hydrogen-bond donors (Lipinski definition) is 2. The number of halogens is 1. The van der Waals surface area contributed by atoms with Gasteiger partial charge in [-0.25, -0.2) is 17.5 Å². The van der Waals surface area contributed by atoms with Gasteiger partial charge in [-0.3, -0.25) is 0 Å². The normalized spacial score (nSPS) is 18.1. The fraction of sp³-hybridized carbons (Fsp3) is 0.538. The highest BCUT2D eigenvalue weighted by Crippen LogP contribution is 2.30. The van der Waals surface area contributed by atoms with Gasteiger partial charge in [-0.05, 0) is 43.9 Å². The Bertz CT molecular complexity index is 556. The molecule has 2 rings (SSSR count). The van der Waals surface area contributed by atoms with E-state index in [1.54, 1.807) is 0 Å². The number of benzene rings is 1. The van der Waals surface area contributed by atoms with Crippen LogP contribution in [0.4, 0.5) is 4.39 Å². The fourth-order valence-electron chi connectivity index (χ4n) is 2.22. The van der Waals surface area contributed by atoms with Crippen LogP contribution in [0.5, 0.6) is 0 Å². The van der Waals surface area contributed by atoms with Crippen LogP contribution < -0.4 is 10.5 Å². The second kappa shape index (κ2) is 5.56. The first-order chi connectivity index (χ1) is 8.94. The first-order valence-corrected chi connectivity index (χ1v) is 7.93. The van der Waals surface area contributed by atoms with Gasteiger partial charge in [0.1, 0.15) is 5.82 Å². The molecule has 6 heteroatoms. The maximum atomic E-state index is 13.3. The van der Waals surface area contributed by atoms with Crippen molar-refractivity contribution in [2.24, 2.45) is 11.7 Å². The van der Waals surface area contributed by atoms with E-state index in [1.807, 2.05) is 6.92 Å². The number of nitrogens with two attached hydrogens (primary N) is 1. The van der Waals surface area contributed by atoms with Crippen molar-refractivity contribution in [2.75, 3.05) is 0 Å². The molecule has 1 aliphatic rings. The Labute approximate surface area is 113 Å². The molecule has 1 unspecified atom stereocenters. The van der Waals surface area contributed by atoms with Gasteiger partial charge in [0.25, 0.3) is 0 Å². The first-order valence-electron chi connectivity index (χ1n) is 6.45. The Morgan fingerprint density at radius 1 is 1.47 bits per heavy atom. The minimum absolute atomic E-state index is 0.0205. The molecule has 0 spiro atoms.